The summed E-state index contributed by atoms with van der Waals surface area (Å²) in [7, 11) is -1.77. The zero-order chi connectivity index (χ0) is 15.5. The molecule has 1 unspecified atom stereocenters. The Bertz CT molecular complexity index is 592. The number of rotatable bonds is 5. The van der Waals surface area contributed by atoms with E-state index >= 15 is 0 Å². The van der Waals surface area contributed by atoms with Crippen LogP contribution in [0.15, 0.2) is 23.1 Å². The summed E-state index contributed by atoms with van der Waals surface area (Å²) in [6.45, 7) is 3.75. The number of nitrogens with zero attached hydrogens (tertiary/aromatic N) is 1. The number of ether oxygens (including phenoxy) is 1. The summed E-state index contributed by atoms with van der Waals surface area (Å²) in [6, 6.07) is 5.11. The molecule has 1 aromatic rings. The molecule has 1 atom stereocenters. The van der Waals surface area contributed by atoms with Crippen LogP contribution >= 0.6 is 11.6 Å². The molecule has 1 aliphatic rings. The van der Waals surface area contributed by atoms with Crippen molar-refractivity contribution in [2.24, 2.45) is 0 Å². The van der Waals surface area contributed by atoms with E-state index in [0.717, 1.165) is 12.0 Å². The SMILES string of the molecule is CCC1CN(S(=O)(=O)c2cc(CNC)ccc2Cl)CCO1. The van der Waals surface area contributed by atoms with Crippen LogP contribution in [0.1, 0.15) is 18.9 Å². The van der Waals surface area contributed by atoms with E-state index in [1.165, 1.54) is 4.31 Å². The molecule has 1 heterocycles. The minimum absolute atomic E-state index is 0.0483. The van der Waals surface area contributed by atoms with Crippen molar-refractivity contribution in [2.75, 3.05) is 26.7 Å². The van der Waals surface area contributed by atoms with Gasteiger partial charge in [-0.1, -0.05) is 24.6 Å². The average molecular weight is 333 g/mol. The van der Waals surface area contributed by atoms with Crippen LogP contribution in [0.3, 0.4) is 0 Å². The third-order valence-electron chi connectivity index (χ3n) is 3.55. The number of hydrogen-bond acceptors (Lipinski definition) is 4. The van der Waals surface area contributed by atoms with E-state index in [1.54, 1.807) is 12.1 Å². The molecule has 0 bridgehead atoms. The molecule has 1 fully saturated rings. The lowest BCUT2D eigenvalue weighted by molar-refractivity contribution is -0.00277. The number of morpholine rings is 1. The Morgan fingerprint density at radius 1 is 1.48 bits per heavy atom. The van der Waals surface area contributed by atoms with Crippen LogP contribution in [0.5, 0.6) is 0 Å². The summed E-state index contributed by atoms with van der Waals surface area (Å²) in [5, 5.41) is 3.27. The largest absolute Gasteiger partial charge is 0.375 e. The highest BCUT2D eigenvalue weighted by molar-refractivity contribution is 7.89. The molecule has 5 nitrogen and oxygen atoms in total. The Hall–Kier alpha value is -0.660. The second kappa shape index (κ2) is 7.07. The van der Waals surface area contributed by atoms with Gasteiger partial charge in [0.25, 0.3) is 0 Å². The zero-order valence-electron chi connectivity index (χ0n) is 12.3. The molecule has 0 aromatic heterocycles. The summed E-state index contributed by atoms with van der Waals surface area (Å²) in [5.74, 6) is 0. The highest BCUT2D eigenvalue weighted by Crippen LogP contribution is 2.27. The molecule has 7 heteroatoms. The normalized spacial score (nSPS) is 20.6. The molecule has 0 saturated carbocycles. The van der Waals surface area contributed by atoms with Crippen molar-refractivity contribution < 1.29 is 13.2 Å². The van der Waals surface area contributed by atoms with Crippen LogP contribution in [0.2, 0.25) is 5.02 Å². The molecule has 0 aliphatic carbocycles. The van der Waals surface area contributed by atoms with E-state index < -0.39 is 10.0 Å². The number of benzene rings is 1. The zero-order valence-corrected chi connectivity index (χ0v) is 13.9. The van der Waals surface area contributed by atoms with Gasteiger partial charge in [-0.2, -0.15) is 4.31 Å². The van der Waals surface area contributed by atoms with Crippen molar-refractivity contribution in [3.63, 3.8) is 0 Å². The van der Waals surface area contributed by atoms with Gasteiger partial charge in [0.05, 0.1) is 17.7 Å². The monoisotopic (exact) mass is 332 g/mol. The van der Waals surface area contributed by atoms with Crippen LogP contribution in [0.25, 0.3) is 0 Å². The van der Waals surface area contributed by atoms with E-state index in [-0.39, 0.29) is 16.0 Å². The fraction of sp³-hybridized carbons (Fsp3) is 0.571. The first kappa shape index (κ1) is 16.7. The van der Waals surface area contributed by atoms with Crippen LogP contribution in [-0.4, -0.2) is 45.6 Å². The molecular weight excluding hydrogens is 312 g/mol. The van der Waals surface area contributed by atoms with Gasteiger partial charge in [-0.3, -0.25) is 0 Å². The van der Waals surface area contributed by atoms with Gasteiger partial charge in [0.2, 0.25) is 10.0 Å². The third-order valence-corrected chi connectivity index (χ3v) is 5.90. The van der Waals surface area contributed by atoms with Gasteiger partial charge in [0.15, 0.2) is 0 Å². The molecule has 0 spiro atoms. The first-order valence-electron chi connectivity index (χ1n) is 7.03. The first-order valence-corrected chi connectivity index (χ1v) is 8.85. The standard InChI is InChI=1S/C14H21ClN2O3S/c1-3-12-10-17(6-7-20-12)21(18,19)14-8-11(9-16-2)4-5-13(14)15/h4-5,8,12,16H,3,6-7,9-10H2,1-2H3. The van der Waals surface area contributed by atoms with Gasteiger partial charge < -0.3 is 10.1 Å². The fourth-order valence-corrected chi connectivity index (χ4v) is 4.34. The van der Waals surface area contributed by atoms with Crippen molar-refractivity contribution in [3.05, 3.63) is 28.8 Å². The first-order chi connectivity index (χ1) is 9.98. The van der Waals surface area contributed by atoms with Crippen molar-refractivity contribution in [1.29, 1.82) is 0 Å². The molecule has 0 radical (unpaired) electrons. The van der Waals surface area contributed by atoms with E-state index in [9.17, 15) is 8.42 Å². The summed E-state index contributed by atoms with van der Waals surface area (Å²) < 4.78 is 32.6. The van der Waals surface area contributed by atoms with E-state index in [4.69, 9.17) is 16.3 Å². The summed E-state index contributed by atoms with van der Waals surface area (Å²) in [4.78, 5) is 0.175. The van der Waals surface area contributed by atoms with Gasteiger partial charge in [-0.25, -0.2) is 8.42 Å². The Kier molecular flexibility index (Phi) is 5.62. The average Bonchev–Trinajstić information content (AvgIpc) is 2.49. The Balaban J connectivity index is 2.32. The molecule has 118 valence electrons. The van der Waals surface area contributed by atoms with Gasteiger partial charge in [0.1, 0.15) is 4.90 Å². The highest BCUT2D eigenvalue weighted by atomic mass is 35.5. The fourth-order valence-electron chi connectivity index (χ4n) is 2.36. The van der Waals surface area contributed by atoms with Crippen LogP contribution in [-0.2, 0) is 21.3 Å². The van der Waals surface area contributed by atoms with Crippen molar-refractivity contribution in [3.8, 4) is 0 Å². The molecule has 1 N–H and O–H groups in total. The quantitative estimate of drug-likeness (QED) is 0.894. The second-order valence-corrected chi connectivity index (χ2v) is 7.37. The van der Waals surface area contributed by atoms with Gasteiger partial charge in [-0.05, 0) is 31.2 Å². The maximum atomic E-state index is 12.8. The van der Waals surface area contributed by atoms with Crippen LogP contribution < -0.4 is 5.32 Å². The molecule has 21 heavy (non-hydrogen) atoms. The van der Waals surface area contributed by atoms with Gasteiger partial charge in [0, 0.05) is 19.6 Å². The van der Waals surface area contributed by atoms with E-state index in [0.29, 0.717) is 26.2 Å². The molecule has 1 aromatic carbocycles. The lowest BCUT2D eigenvalue weighted by atomic mass is 10.2. The number of halogens is 1. The summed E-state index contributed by atoms with van der Waals surface area (Å²) in [5.41, 5.74) is 0.890. The lowest BCUT2D eigenvalue weighted by Crippen LogP contribution is -2.45. The van der Waals surface area contributed by atoms with Gasteiger partial charge in [-0.15, -0.1) is 0 Å². The van der Waals surface area contributed by atoms with Crippen molar-refractivity contribution in [1.82, 2.24) is 9.62 Å². The van der Waals surface area contributed by atoms with E-state index in [1.807, 2.05) is 20.0 Å². The van der Waals surface area contributed by atoms with Crippen molar-refractivity contribution >= 4 is 21.6 Å². The molecular formula is C14H21ClN2O3S. The predicted octanol–water partition coefficient (Wildman–Crippen LogP) is 1.86. The topological polar surface area (TPSA) is 58.6 Å². The second-order valence-electron chi connectivity index (χ2n) is 5.06. The minimum atomic E-state index is -3.58. The van der Waals surface area contributed by atoms with Crippen LogP contribution in [0, 0.1) is 0 Å². The number of sulfonamides is 1. The third kappa shape index (κ3) is 3.76. The number of nitrogens with one attached hydrogen (secondary N) is 1. The smallest absolute Gasteiger partial charge is 0.244 e. The number of hydrogen-bond donors (Lipinski definition) is 1. The summed E-state index contributed by atoms with van der Waals surface area (Å²) >= 11 is 6.11. The maximum Gasteiger partial charge on any atom is 0.244 e. The Labute approximate surface area is 131 Å². The summed E-state index contributed by atoms with van der Waals surface area (Å²) in [6.07, 6.45) is 0.743. The van der Waals surface area contributed by atoms with Crippen LogP contribution in [0.4, 0.5) is 0 Å². The Morgan fingerprint density at radius 3 is 2.90 bits per heavy atom. The molecule has 0 amide bonds. The molecule has 1 aliphatic heterocycles. The molecule has 2 rings (SSSR count). The van der Waals surface area contributed by atoms with Crippen molar-refractivity contribution in [2.45, 2.75) is 30.9 Å². The minimum Gasteiger partial charge on any atom is -0.375 e. The molecule has 1 saturated heterocycles. The predicted molar refractivity (Wildman–Crippen MR) is 83.0 cm³/mol. The lowest BCUT2D eigenvalue weighted by Gasteiger charge is -2.31. The van der Waals surface area contributed by atoms with Gasteiger partial charge >= 0.3 is 0 Å². The highest BCUT2D eigenvalue weighted by Gasteiger charge is 2.31. The van der Waals surface area contributed by atoms with E-state index in [2.05, 4.69) is 5.32 Å². The Morgan fingerprint density at radius 2 is 2.24 bits per heavy atom. The maximum absolute atomic E-state index is 12.8.